The lowest BCUT2D eigenvalue weighted by Gasteiger charge is -2.22. The second-order valence-electron chi connectivity index (χ2n) is 9.63. The Bertz CT molecular complexity index is 1350. The number of unbranched alkanes of at least 4 members (excludes halogenated alkanes) is 3. The van der Waals surface area contributed by atoms with E-state index in [9.17, 15) is 0 Å². The van der Waals surface area contributed by atoms with Gasteiger partial charge in [-0.1, -0.05) is 11.6 Å². The van der Waals surface area contributed by atoms with E-state index in [1.54, 1.807) is 21.3 Å². The van der Waals surface area contributed by atoms with Crippen molar-refractivity contribution >= 4 is 10.8 Å². The van der Waals surface area contributed by atoms with E-state index in [4.69, 9.17) is 24.2 Å². The van der Waals surface area contributed by atoms with Crippen molar-refractivity contribution in [2.45, 2.75) is 58.9 Å². The number of nitriles is 1. The van der Waals surface area contributed by atoms with Crippen LogP contribution in [0.1, 0.15) is 50.7 Å². The highest BCUT2D eigenvalue weighted by atomic mass is 16.5. The molecule has 6 nitrogen and oxygen atoms in total. The van der Waals surface area contributed by atoms with E-state index in [0.717, 1.165) is 72.4 Å². The van der Waals surface area contributed by atoms with E-state index in [-0.39, 0.29) is 0 Å². The molecule has 2 heterocycles. The van der Waals surface area contributed by atoms with Crippen molar-refractivity contribution in [1.29, 1.82) is 5.26 Å². The first-order chi connectivity index (χ1) is 18.0. The van der Waals surface area contributed by atoms with Gasteiger partial charge in [0.2, 0.25) is 5.69 Å². The van der Waals surface area contributed by atoms with Gasteiger partial charge in [0.25, 0.3) is 0 Å². The molecule has 0 saturated heterocycles. The van der Waals surface area contributed by atoms with Gasteiger partial charge in [-0.25, -0.2) is 0 Å². The van der Waals surface area contributed by atoms with E-state index in [0.29, 0.717) is 13.0 Å². The first-order valence-electron chi connectivity index (χ1n) is 13.0. The van der Waals surface area contributed by atoms with Gasteiger partial charge < -0.3 is 18.9 Å². The molecule has 0 N–H and O–H groups in total. The molecule has 0 saturated carbocycles. The van der Waals surface area contributed by atoms with Crippen molar-refractivity contribution in [2.24, 2.45) is 0 Å². The molecule has 194 valence electrons. The summed E-state index contributed by atoms with van der Waals surface area (Å²) < 4.78 is 25.7. The van der Waals surface area contributed by atoms with E-state index >= 15 is 0 Å². The van der Waals surface area contributed by atoms with Crippen LogP contribution in [0.15, 0.2) is 42.1 Å². The summed E-state index contributed by atoms with van der Waals surface area (Å²) in [6.07, 6.45) is 9.60. The van der Waals surface area contributed by atoms with Crippen molar-refractivity contribution in [3.63, 3.8) is 0 Å². The number of hydrogen-bond donors (Lipinski definition) is 0. The number of fused-ring (bicyclic) bond motifs is 4. The molecule has 0 atom stereocenters. The Hall–Kier alpha value is -3.72. The van der Waals surface area contributed by atoms with E-state index in [1.165, 1.54) is 28.0 Å². The summed E-state index contributed by atoms with van der Waals surface area (Å²) in [5.74, 6) is 3.02. The Morgan fingerprint density at radius 3 is 2.49 bits per heavy atom. The minimum Gasteiger partial charge on any atom is -0.493 e. The summed E-state index contributed by atoms with van der Waals surface area (Å²) in [7, 11) is 5.07. The standard InChI is InChI=1S/C31H37N2O4/c1-21(2)10-11-24-23-12-13-27(34-3)31(36-5)26(23)20-33-16-14-22-18-29(37-17-9-7-6-8-15-32)28(35-4)19-25(22)30(24)33/h10,12-13,18-20H,6-9,11,14,16-17H2,1-5H3/q+1. The van der Waals surface area contributed by atoms with Crippen LogP contribution in [0, 0.1) is 11.3 Å². The zero-order valence-corrected chi connectivity index (χ0v) is 22.6. The smallest absolute Gasteiger partial charge is 0.217 e. The quantitative estimate of drug-likeness (QED) is 0.174. The Labute approximate surface area is 220 Å². The molecule has 0 amide bonds. The van der Waals surface area contributed by atoms with Crippen molar-refractivity contribution < 1.29 is 23.5 Å². The van der Waals surface area contributed by atoms with E-state index in [1.807, 2.05) is 6.07 Å². The third-order valence-corrected chi connectivity index (χ3v) is 6.94. The number of benzene rings is 2. The molecule has 37 heavy (non-hydrogen) atoms. The van der Waals surface area contributed by atoms with Gasteiger partial charge in [0.15, 0.2) is 35.7 Å². The van der Waals surface area contributed by atoms with Crippen LogP contribution in [-0.2, 0) is 19.4 Å². The minimum atomic E-state index is 0.599. The second kappa shape index (κ2) is 12.0. The Morgan fingerprint density at radius 1 is 0.973 bits per heavy atom. The summed E-state index contributed by atoms with van der Waals surface area (Å²) in [5.41, 5.74) is 6.19. The summed E-state index contributed by atoms with van der Waals surface area (Å²) in [6.45, 7) is 5.74. The molecule has 0 spiro atoms. The molecule has 4 rings (SSSR count). The van der Waals surface area contributed by atoms with E-state index in [2.05, 4.69) is 55.0 Å². The fraction of sp³-hybridized carbons (Fsp3) is 0.419. The summed E-state index contributed by atoms with van der Waals surface area (Å²) >= 11 is 0. The Morgan fingerprint density at radius 2 is 1.78 bits per heavy atom. The number of aryl methyl sites for hydroxylation is 2. The molecule has 3 aromatic rings. The number of allylic oxidation sites excluding steroid dienone is 2. The topological polar surface area (TPSA) is 64.6 Å². The SMILES string of the molecule is COc1cc2c(cc1OCCCCCC#N)CC[n+]1cc3c(OC)c(OC)ccc3c(CC=C(C)C)c1-2. The monoisotopic (exact) mass is 501 g/mol. The summed E-state index contributed by atoms with van der Waals surface area (Å²) in [6, 6.07) is 10.6. The maximum atomic E-state index is 8.73. The van der Waals surface area contributed by atoms with Gasteiger partial charge in [-0.15, -0.1) is 0 Å². The zero-order chi connectivity index (χ0) is 26.4. The predicted octanol–water partition coefficient (Wildman–Crippen LogP) is 6.35. The number of hydrogen-bond acceptors (Lipinski definition) is 5. The first-order valence-corrected chi connectivity index (χ1v) is 13.0. The second-order valence-corrected chi connectivity index (χ2v) is 9.63. The highest BCUT2D eigenvalue weighted by molar-refractivity contribution is 5.95. The maximum Gasteiger partial charge on any atom is 0.217 e. The van der Waals surface area contributed by atoms with Crippen molar-refractivity contribution in [2.75, 3.05) is 27.9 Å². The maximum absolute atomic E-state index is 8.73. The van der Waals surface area contributed by atoms with Gasteiger partial charge >= 0.3 is 0 Å². The number of methoxy groups -OCH3 is 3. The van der Waals surface area contributed by atoms with E-state index < -0.39 is 0 Å². The number of ether oxygens (including phenoxy) is 4. The lowest BCUT2D eigenvalue weighted by Crippen LogP contribution is -2.41. The minimum absolute atomic E-state index is 0.599. The normalized spacial score (nSPS) is 11.8. The molecule has 0 bridgehead atoms. The number of aromatic nitrogens is 1. The average molecular weight is 502 g/mol. The third kappa shape index (κ3) is 5.51. The fourth-order valence-corrected chi connectivity index (χ4v) is 5.08. The predicted molar refractivity (Wildman–Crippen MR) is 146 cm³/mol. The molecule has 0 unspecified atom stereocenters. The molecule has 2 aromatic carbocycles. The molecule has 0 fully saturated rings. The lowest BCUT2D eigenvalue weighted by atomic mass is 9.89. The van der Waals surface area contributed by atoms with Gasteiger partial charge in [0.1, 0.15) is 0 Å². The summed E-state index contributed by atoms with van der Waals surface area (Å²) in [5, 5.41) is 10.9. The van der Waals surface area contributed by atoms with Gasteiger partial charge in [0, 0.05) is 23.8 Å². The van der Waals surface area contributed by atoms with Crippen LogP contribution in [-0.4, -0.2) is 27.9 Å². The lowest BCUT2D eigenvalue weighted by molar-refractivity contribution is -0.686. The van der Waals surface area contributed by atoms with Gasteiger partial charge in [-0.2, -0.15) is 9.83 Å². The van der Waals surface area contributed by atoms with Crippen LogP contribution in [0.4, 0.5) is 0 Å². The highest BCUT2D eigenvalue weighted by Crippen LogP contribution is 2.42. The largest absolute Gasteiger partial charge is 0.493 e. The molecule has 0 radical (unpaired) electrons. The molecule has 1 aromatic heterocycles. The number of pyridine rings is 1. The van der Waals surface area contributed by atoms with Crippen molar-refractivity contribution in [1.82, 2.24) is 0 Å². The highest BCUT2D eigenvalue weighted by Gasteiger charge is 2.31. The fourth-order valence-electron chi connectivity index (χ4n) is 5.08. The molecular formula is C31H37N2O4+. The van der Waals surface area contributed by atoms with Crippen LogP contribution in [0.25, 0.3) is 22.0 Å². The Kier molecular flexibility index (Phi) is 8.55. The van der Waals surface area contributed by atoms with Crippen molar-refractivity contribution in [3.05, 3.63) is 53.2 Å². The van der Waals surface area contributed by atoms with Crippen LogP contribution in [0.2, 0.25) is 0 Å². The molecular weight excluding hydrogens is 464 g/mol. The average Bonchev–Trinajstić information content (AvgIpc) is 2.91. The van der Waals surface area contributed by atoms with Crippen LogP contribution in [0.3, 0.4) is 0 Å². The molecule has 1 aliphatic rings. The van der Waals surface area contributed by atoms with Gasteiger partial charge in [-0.05, 0) is 69.4 Å². The third-order valence-electron chi connectivity index (χ3n) is 6.94. The Balaban J connectivity index is 1.81. The van der Waals surface area contributed by atoms with Gasteiger partial charge in [0.05, 0.1) is 45.0 Å². The van der Waals surface area contributed by atoms with Crippen LogP contribution >= 0.6 is 0 Å². The van der Waals surface area contributed by atoms with Crippen molar-refractivity contribution in [3.8, 4) is 40.3 Å². The molecule has 0 aliphatic carbocycles. The number of rotatable bonds is 11. The summed E-state index contributed by atoms with van der Waals surface area (Å²) in [4.78, 5) is 0. The van der Waals surface area contributed by atoms with Gasteiger partial charge in [-0.3, -0.25) is 0 Å². The van der Waals surface area contributed by atoms with Crippen LogP contribution in [0.5, 0.6) is 23.0 Å². The molecule has 1 aliphatic heterocycles. The molecule has 6 heteroatoms. The number of nitrogens with zero attached hydrogens (tertiary/aromatic N) is 2. The first kappa shape index (κ1) is 26.3. The van der Waals surface area contributed by atoms with Crippen LogP contribution < -0.4 is 23.5 Å². The zero-order valence-electron chi connectivity index (χ0n) is 22.6.